The maximum atomic E-state index is 12.9. The average Bonchev–Trinajstić information content (AvgIpc) is 3.00. The number of ketones is 1. The van der Waals surface area contributed by atoms with Crippen LogP contribution in [-0.4, -0.2) is 29.7 Å². The second-order valence-electron chi connectivity index (χ2n) is 5.87. The fraction of sp³-hybridized carbons (Fsp3) is 0.333. The lowest BCUT2D eigenvalue weighted by Gasteiger charge is -2.31. The van der Waals surface area contributed by atoms with E-state index < -0.39 is 0 Å². The average molecular weight is 331 g/mol. The summed E-state index contributed by atoms with van der Waals surface area (Å²) in [6.07, 6.45) is 1.32. The number of piperidine rings is 1. The van der Waals surface area contributed by atoms with Crippen LogP contribution in [0.4, 0.5) is 4.39 Å². The van der Waals surface area contributed by atoms with Gasteiger partial charge >= 0.3 is 0 Å². The number of carbonyl (C=O) groups is 2. The van der Waals surface area contributed by atoms with Gasteiger partial charge in [0.1, 0.15) is 5.82 Å². The topological polar surface area (TPSA) is 37.4 Å². The van der Waals surface area contributed by atoms with Crippen LogP contribution < -0.4 is 0 Å². The quantitative estimate of drug-likeness (QED) is 0.799. The Hall–Kier alpha value is -2.01. The molecule has 2 aromatic rings. The molecule has 0 spiro atoms. The van der Waals surface area contributed by atoms with Crippen LogP contribution in [0.5, 0.6) is 0 Å². The Bertz CT molecular complexity index is 715. The van der Waals surface area contributed by atoms with E-state index in [4.69, 9.17) is 0 Å². The van der Waals surface area contributed by atoms with E-state index >= 15 is 0 Å². The molecule has 0 radical (unpaired) electrons. The van der Waals surface area contributed by atoms with E-state index in [1.807, 2.05) is 23.3 Å². The van der Waals surface area contributed by atoms with Crippen molar-refractivity contribution in [3.63, 3.8) is 0 Å². The Morgan fingerprint density at radius 3 is 2.35 bits per heavy atom. The molecule has 0 N–H and O–H groups in total. The summed E-state index contributed by atoms with van der Waals surface area (Å²) in [7, 11) is 0. The van der Waals surface area contributed by atoms with E-state index in [0.717, 1.165) is 10.4 Å². The molecule has 3 rings (SSSR count). The number of thiophene rings is 1. The van der Waals surface area contributed by atoms with Gasteiger partial charge in [-0.3, -0.25) is 9.59 Å². The number of aryl methyl sites for hydroxylation is 1. The molecule has 1 aromatic carbocycles. The first kappa shape index (κ1) is 15.9. The van der Waals surface area contributed by atoms with E-state index in [1.165, 1.54) is 35.6 Å². The summed E-state index contributed by atoms with van der Waals surface area (Å²) in [5.74, 6) is -0.322. The summed E-state index contributed by atoms with van der Waals surface area (Å²) in [6.45, 7) is 3.12. The first-order valence-electron chi connectivity index (χ1n) is 7.69. The molecule has 0 aliphatic carbocycles. The standard InChI is InChI=1S/C18H18FNO2S/c1-12-8-11-23-17(12)18(22)20-9-6-14(7-10-20)16(21)13-2-4-15(19)5-3-13/h2-5,8,11,14H,6-7,9-10H2,1H3. The third kappa shape index (κ3) is 3.34. The molecule has 1 aliphatic rings. The van der Waals surface area contributed by atoms with Gasteiger partial charge in [-0.15, -0.1) is 11.3 Å². The maximum absolute atomic E-state index is 12.9. The zero-order valence-corrected chi connectivity index (χ0v) is 13.7. The Balaban J connectivity index is 1.62. The number of Topliss-reactive ketones (excluding diaryl/α,β-unsaturated/α-hetero) is 1. The van der Waals surface area contributed by atoms with E-state index in [9.17, 15) is 14.0 Å². The van der Waals surface area contributed by atoms with Crippen LogP contribution in [0.25, 0.3) is 0 Å². The minimum atomic E-state index is -0.340. The molecule has 1 amide bonds. The first-order valence-corrected chi connectivity index (χ1v) is 8.57. The van der Waals surface area contributed by atoms with E-state index in [1.54, 1.807) is 0 Å². The minimum absolute atomic E-state index is 0.0457. The molecular weight excluding hydrogens is 313 g/mol. The molecular formula is C18H18FNO2S. The van der Waals surface area contributed by atoms with Crippen molar-refractivity contribution in [2.45, 2.75) is 19.8 Å². The second kappa shape index (κ2) is 6.62. The molecule has 0 atom stereocenters. The van der Waals surface area contributed by atoms with Crippen molar-refractivity contribution in [1.29, 1.82) is 0 Å². The van der Waals surface area contributed by atoms with Gasteiger partial charge in [0.15, 0.2) is 5.78 Å². The van der Waals surface area contributed by atoms with E-state index in [-0.39, 0.29) is 23.4 Å². The zero-order chi connectivity index (χ0) is 16.4. The highest BCUT2D eigenvalue weighted by atomic mass is 32.1. The van der Waals surface area contributed by atoms with Gasteiger partial charge in [-0.25, -0.2) is 4.39 Å². The number of halogens is 1. The van der Waals surface area contributed by atoms with Crippen LogP contribution in [0.2, 0.25) is 0 Å². The molecule has 23 heavy (non-hydrogen) atoms. The van der Waals surface area contributed by atoms with Crippen LogP contribution in [0.1, 0.15) is 38.4 Å². The SMILES string of the molecule is Cc1ccsc1C(=O)N1CCC(C(=O)c2ccc(F)cc2)CC1. The highest BCUT2D eigenvalue weighted by Gasteiger charge is 2.29. The number of benzene rings is 1. The molecule has 3 nitrogen and oxygen atoms in total. The molecule has 1 aliphatic heterocycles. The molecule has 0 saturated carbocycles. The van der Waals surface area contributed by atoms with Gasteiger partial charge in [-0.05, 0) is 61.0 Å². The third-order valence-corrected chi connectivity index (χ3v) is 5.34. The molecule has 2 heterocycles. The summed E-state index contributed by atoms with van der Waals surface area (Å²) >= 11 is 1.46. The van der Waals surface area contributed by atoms with Crippen molar-refractivity contribution in [3.8, 4) is 0 Å². The second-order valence-corrected chi connectivity index (χ2v) is 6.79. The van der Waals surface area contributed by atoms with Gasteiger partial charge in [-0.1, -0.05) is 0 Å². The lowest BCUT2D eigenvalue weighted by molar-refractivity contribution is 0.0653. The van der Waals surface area contributed by atoms with Crippen LogP contribution >= 0.6 is 11.3 Å². The lowest BCUT2D eigenvalue weighted by Crippen LogP contribution is -2.40. The van der Waals surface area contributed by atoms with Gasteiger partial charge in [0.2, 0.25) is 0 Å². The van der Waals surface area contributed by atoms with Gasteiger partial charge in [0.25, 0.3) is 5.91 Å². The van der Waals surface area contributed by atoms with E-state index in [0.29, 0.717) is 31.5 Å². The number of amides is 1. The Morgan fingerprint density at radius 2 is 1.78 bits per heavy atom. The monoisotopic (exact) mass is 331 g/mol. The summed E-state index contributed by atoms with van der Waals surface area (Å²) in [5, 5.41) is 1.92. The molecule has 1 aromatic heterocycles. The fourth-order valence-corrected chi connectivity index (χ4v) is 3.82. The largest absolute Gasteiger partial charge is 0.338 e. The number of rotatable bonds is 3. The number of likely N-dealkylation sites (tertiary alicyclic amines) is 1. The van der Waals surface area contributed by atoms with Crippen molar-refractivity contribution >= 4 is 23.0 Å². The smallest absolute Gasteiger partial charge is 0.264 e. The summed E-state index contributed by atoms with van der Waals surface area (Å²) in [4.78, 5) is 27.5. The van der Waals surface area contributed by atoms with Gasteiger partial charge in [-0.2, -0.15) is 0 Å². The predicted molar refractivity (Wildman–Crippen MR) is 88.4 cm³/mol. The van der Waals surface area contributed by atoms with Crippen molar-refractivity contribution < 1.29 is 14.0 Å². The number of nitrogens with zero attached hydrogens (tertiary/aromatic N) is 1. The number of hydrogen-bond acceptors (Lipinski definition) is 3. The van der Waals surface area contributed by atoms with Crippen molar-refractivity contribution in [3.05, 3.63) is 57.5 Å². The highest BCUT2D eigenvalue weighted by Crippen LogP contribution is 2.25. The van der Waals surface area contributed by atoms with E-state index in [2.05, 4.69) is 0 Å². The summed E-state index contributed by atoms with van der Waals surface area (Å²) in [6, 6.07) is 7.63. The summed E-state index contributed by atoms with van der Waals surface area (Å²) in [5.41, 5.74) is 1.55. The lowest BCUT2D eigenvalue weighted by atomic mass is 9.89. The summed E-state index contributed by atoms with van der Waals surface area (Å²) < 4.78 is 12.9. The molecule has 120 valence electrons. The van der Waals surface area contributed by atoms with Crippen LogP contribution in [-0.2, 0) is 0 Å². The Labute approximate surface area is 138 Å². The molecule has 0 unspecified atom stereocenters. The van der Waals surface area contributed by atoms with Gasteiger partial charge in [0, 0.05) is 24.6 Å². The number of hydrogen-bond donors (Lipinski definition) is 0. The Morgan fingerprint density at radius 1 is 1.13 bits per heavy atom. The van der Waals surface area contributed by atoms with Crippen LogP contribution in [0, 0.1) is 18.7 Å². The normalized spacial score (nSPS) is 15.7. The number of carbonyl (C=O) groups excluding carboxylic acids is 2. The van der Waals surface area contributed by atoms with Crippen LogP contribution in [0.3, 0.4) is 0 Å². The van der Waals surface area contributed by atoms with Crippen molar-refractivity contribution in [2.75, 3.05) is 13.1 Å². The zero-order valence-electron chi connectivity index (χ0n) is 12.9. The molecule has 0 bridgehead atoms. The van der Waals surface area contributed by atoms with Crippen LogP contribution in [0.15, 0.2) is 35.7 Å². The van der Waals surface area contributed by atoms with Gasteiger partial charge in [0.05, 0.1) is 4.88 Å². The molecule has 1 fully saturated rings. The highest BCUT2D eigenvalue weighted by molar-refractivity contribution is 7.12. The molecule has 5 heteroatoms. The third-order valence-electron chi connectivity index (χ3n) is 4.34. The van der Waals surface area contributed by atoms with Crippen molar-refractivity contribution in [1.82, 2.24) is 4.90 Å². The minimum Gasteiger partial charge on any atom is -0.338 e. The maximum Gasteiger partial charge on any atom is 0.264 e. The van der Waals surface area contributed by atoms with Crippen molar-refractivity contribution in [2.24, 2.45) is 5.92 Å². The fourth-order valence-electron chi connectivity index (χ4n) is 2.93. The first-order chi connectivity index (χ1) is 11.1. The Kier molecular flexibility index (Phi) is 4.57. The van der Waals surface area contributed by atoms with Gasteiger partial charge < -0.3 is 4.90 Å². The molecule has 1 saturated heterocycles. The predicted octanol–water partition coefficient (Wildman–Crippen LogP) is 3.93.